The Kier molecular flexibility index (Phi) is 4.66. The van der Waals surface area contributed by atoms with E-state index in [0.717, 1.165) is 12.8 Å². The van der Waals surface area contributed by atoms with Gasteiger partial charge in [0.1, 0.15) is 0 Å². The van der Waals surface area contributed by atoms with Gasteiger partial charge in [-0.2, -0.15) is 0 Å². The summed E-state index contributed by atoms with van der Waals surface area (Å²) in [6.45, 7) is 6.09. The summed E-state index contributed by atoms with van der Waals surface area (Å²) in [5, 5.41) is 8.00. The van der Waals surface area contributed by atoms with Gasteiger partial charge in [0.25, 0.3) is 0 Å². The molecule has 0 N–H and O–H groups in total. The minimum absolute atomic E-state index is 0.114. The summed E-state index contributed by atoms with van der Waals surface area (Å²) in [4.78, 5) is 10.9. The normalized spacial score (nSPS) is 11.5. The van der Waals surface area contributed by atoms with Crippen molar-refractivity contribution in [3.63, 3.8) is 0 Å². The van der Waals surface area contributed by atoms with E-state index < -0.39 is 0 Å². The van der Waals surface area contributed by atoms with Gasteiger partial charge in [-0.05, 0) is 12.8 Å². The molecule has 0 spiro atoms. The summed E-state index contributed by atoms with van der Waals surface area (Å²) in [5.41, 5.74) is -0.114. The van der Waals surface area contributed by atoms with E-state index in [4.69, 9.17) is 4.42 Å². The second-order valence-corrected chi connectivity index (χ2v) is 5.03. The number of esters is 1. The minimum Gasteiger partial charge on any atom is -0.469 e. The van der Waals surface area contributed by atoms with E-state index in [1.165, 1.54) is 7.11 Å². The van der Waals surface area contributed by atoms with Crippen molar-refractivity contribution in [2.24, 2.45) is 0 Å². The SMILES string of the molecule is COC(=O)CCCCc1nnc(C(C)(C)C)o1. The molecule has 0 aliphatic rings. The molecule has 0 bridgehead atoms. The van der Waals surface area contributed by atoms with Crippen LogP contribution >= 0.6 is 0 Å². The summed E-state index contributed by atoms with van der Waals surface area (Å²) < 4.78 is 10.1. The zero-order valence-electron chi connectivity index (χ0n) is 10.9. The fourth-order valence-corrected chi connectivity index (χ4v) is 1.31. The van der Waals surface area contributed by atoms with E-state index in [-0.39, 0.29) is 11.4 Å². The van der Waals surface area contributed by atoms with Crippen molar-refractivity contribution in [1.29, 1.82) is 0 Å². The second-order valence-electron chi connectivity index (χ2n) is 5.03. The monoisotopic (exact) mass is 240 g/mol. The molecule has 1 rings (SSSR count). The number of hydrogen-bond acceptors (Lipinski definition) is 5. The lowest BCUT2D eigenvalue weighted by molar-refractivity contribution is -0.140. The first-order valence-corrected chi connectivity index (χ1v) is 5.83. The van der Waals surface area contributed by atoms with Crippen molar-refractivity contribution in [3.8, 4) is 0 Å². The Morgan fingerprint density at radius 1 is 1.29 bits per heavy atom. The predicted molar refractivity (Wildman–Crippen MR) is 62.6 cm³/mol. The van der Waals surface area contributed by atoms with Crippen LogP contribution in [0.1, 0.15) is 51.8 Å². The highest BCUT2D eigenvalue weighted by Gasteiger charge is 2.21. The molecule has 0 fully saturated rings. The third-order valence-corrected chi connectivity index (χ3v) is 2.36. The first-order valence-electron chi connectivity index (χ1n) is 5.83. The molecule has 0 aromatic carbocycles. The number of carbonyl (C=O) groups is 1. The summed E-state index contributed by atoms with van der Waals surface area (Å²) in [6.07, 6.45) is 2.78. The first kappa shape index (κ1) is 13.7. The molecule has 0 radical (unpaired) electrons. The van der Waals surface area contributed by atoms with E-state index in [2.05, 4.69) is 14.9 Å². The first-order chi connectivity index (χ1) is 7.93. The summed E-state index contributed by atoms with van der Waals surface area (Å²) in [6, 6.07) is 0. The molecular formula is C12H20N2O3. The summed E-state index contributed by atoms with van der Waals surface area (Å²) in [5.74, 6) is 1.12. The fourth-order valence-electron chi connectivity index (χ4n) is 1.31. The van der Waals surface area contributed by atoms with Crippen LogP contribution in [0.25, 0.3) is 0 Å². The molecule has 5 heteroatoms. The van der Waals surface area contributed by atoms with Crippen LogP contribution in [-0.4, -0.2) is 23.3 Å². The number of ether oxygens (including phenoxy) is 1. The highest BCUT2D eigenvalue weighted by Crippen LogP contribution is 2.20. The molecule has 1 heterocycles. The van der Waals surface area contributed by atoms with Crippen LogP contribution in [0.3, 0.4) is 0 Å². The maximum Gasteiger partial charge on any atom is 0.305 e. The van der Waals surface area contributed by atoms with Crippen molar-refractivity contribution >= 4 is 5.97 Å². The number of carbonyl (C=O) groups excluding carboxylic acids is 1. The maximum atomic E-state index is 10.9. The molecule has 0 aliphatic carbocycles. The lowest BCUT2D eigenvalue weighted by Gasteiger charge is -2.10. The van der Waals surface area contributed by atoms with Crippen molar-refractivity contribution in [2.75, 3.05) is 7.11 Å². The van der Waals surface area contributed by atoms with Crippen LogP contribution in [-0.2, 0) is 21.4 Å². The minimum atomic E-state index is -0.175. The second kappa shape index (κ2) is 5.80. The predicted octanol–water partition coefficient (Wildman–Crippen LogP) is 2.25. The highest BCUT2D eigenvalue weighted by atomic mass is 16.5. The number of unbranched alkanes of at least 4 members (excludes halogenated alkanes) is 1. The van der Waals surface area contributed by atoms with Crippen LogP contribution in [0.2, 0.25) is 0 Å². The highest BCUT2D eigenvalue weighted by molar-refractivity contribution is 5.68. The largest absolute Gasteiger partial charge is 0.469 e. The van der Waals surface area contributed by atoms with Crippen LogP contribution in [0.5, 0.6) is 0 Å². The van der Waals surface area contributed by atoms with Gasteiger partial charge in [-0.3, -0.25) is 4.79 Å². The van der Waals surface area contributed by atoms with Gasteiger partial charge < -0.3 is 9.15 Å². The van der Waals surface area contributed by atoms with Gasteiger partial charge in [0.05, 0.1) is 7.11 Å². The number of hydrogen-bond donors (Lipinski definition) is 0. The van der Waals surface area contributed by atoms with E-state index in [1.807, 2.05) is 20.8 Å². The Morgan fingerprint density at radius 3 is 2.53 bits per heavy atom. The Bertz CT molecular complexity index is 366. The van der Waals surface area contributed by atoms with E-state index in [1.54, 1.807) is 0 Å². The van der Waals surface area contributed by atoms with Gasteiger partial charge in [0.15, 0.2) is 0 Å². The van der Waals surface area contributed by atoms with Gasteiger partial charge in [0, 0.05) is 18.3 Å². The Balaban J connectivity index is 2.33. The molecule has 1 aromatic rings. The number of nitrogens with zero attached hydrogens (tertiary/aromatic N) is 2. The molecular weight excluding hydrogens is 220 g/mol. The third kappa shape index (κ3) is 4.54. The van der Waals surface area contributed by atoms with Gasteiger partial charge in [0.2, 0.25) is 11.8 Å². The fraction of sp³-hybridized carbons (Fsp3) is 0.750. The topological polar surface area (TPSA) is 65.2 Å². The van der Waals surface area contributed by atoms with E-state index >= 15 is 0 Å². The number of aromatic nitrogens is 2. The van der Waals surface area contributed by atoms with Gasteiger partial charge in [-0.15, -0.1) is 10.2 Å². The average molecular weight is 240 g/mol. The smallest absolute Gasteiger partial charge is 0.305 e. The Hall–Kier alpha value is -1.39. The molecule has 96 valence electrons. The molecule has 0 unspecified atom stereocenters. The van der Waals surface area contributed by atoms with Crippen LogP contribution in [0.4, 0.5) is 0 Å². The molecule has 0 amide bonds. The Morgan fingerprint density at radius 2 is 2.00 bits per heavy atom. The van der Waals surface area contributed by atoms with Crippen molar-refractivity contribution in [2.45, 2.75) is 51.9 Å². The van der Waals surface area contributed by atoms with Crippen LogP contribution in [0, 0.1) is 0 Å². The van der Waals surface area contributed by atoms with Gasteiger partial charge in [-0.1, -0.05) is 20.8 Å². The molecule has 0 saturated heterocycles. The van der Waals surface area contributed by atoms with Crippen LogP contribution < -0.4 is 0 Å². The molecule has 17 heavy (non-hydrogen) atoms. The maximum absolute atomic E-state index is 10.9. The standard InChI is InChI=1S/C12H20N2O3/c1-12(2,3)11-14-13-9(17-11)7-5-6-8-10(15)16-4/h5-8H2,1-4H3. The van der Waals surface area contributed by atoms with E-state index in [0.29, 0.717) is 24.6 Å². The molecule has 0 saturated carbocycles. The third-order valence-electron chi connectivity index (χ3n) is 2.36. The van der Waals surface area contributed by atoms with Gasteiger partial charge >= 0.3 is 5.97 Å². The molecule has 0 atom stereocenters. The number of rotatable bonds is 5. The quantitative estimate of drug-likeness (QED) is 0.583. The number of aryl methyl sites for hydroxylation is 1. The average Bonchev–Trinajstić information content (AvgIpc) is 2.72. The molecule has 1 aromatic heterocycles. The number of methoxy groups -OCH3 is 1. The molecule has 5 nitrogen and oxygen atoms in total. The zero-order chi connectivity index (χ0) is 12.9. The zero-order valence-corrected chi connectivity index (χ0v) is 10.9. The van der Waals surface area contributed by atoms with Gasteiger partial charge in [-0.25, -0.2) is 0 Å². The lowest BCUT2D eigenvalue weighted by atomic mass is 9.97. The van der Waals surface area contributed by atoms with Crippen molar-refractivity contribution in [1.82, 2.24) is 10.2 Å². The summed E-state index contributed by atoms with van der Waals surface area (Å²) in [7, 11) is 1.40. The molecule has 0 aliphatic heterocycles. The van der Waals surface area contributed by atoms with Crippen molar-refractivity contribution < 1.29 is 13.9 Å². The van der Waals surface area contributed by atoms with E-state index in [9.17, 15) is 4.79 Å². The van der Waals surface area contributed by atoms with Crippen LogP contribution in [0.15, 0.2) is 4.42 Å². The van der Waals surface area contributed by atoms with Crippen molar-refractivity contribution in [3.05, 3.63) is 11.8 Å². The Labute approximate surface area is 102 Å². The lowest BCUT2D eigenvalue weighted by Crippen LogP contribution is -2.11. The summed E-state index contributed by atoms with van der Waals surface area (Å²) >= 11 is 0.